The van der Waals surface area contributed by atoms with E-state index in [0.717, 1.165) is 29.5 Å². The number of aromatic nitrogens is 1. The van der Waals surface area contributed by atoms with Gasteiger partial charge >= 0.3 is 0 Å². The molecule has 6 nitrogen and oxygen atoms in total. The Kier molecular flexibility index (Phi) is 5.49. The topological polar surface area (TPSA) is 63.6 Å². The molecule has 0 radical (unpaired) electrons. The molecule has 1 amide bonds. The summed E-state index contributed by atoms with van der Waals surface area (Å²) in [5.74, 6) is -0.0971. The fourth-order valence-corrected chi connectivity index (χ4v) is 4.90. The number of carbonyl (C=O) groups excluding carboxylic acids is 1. The summed E-state index contributed by atoms with van der Waals surface area (Å²) < 4.78 is 6.87. The second kappa shape index (κ2) is 8.45. The van der Waals surface area contributed by atoms with Gasteiger partial charge in [-0.1, -0.05) is 48.0 Å². The predicted octanol–water partition coefficient (Wildman–Crippen LogP) is 4.14. The Bertz CT molecular complexity index is 1240. The van der Waals surface area contributed by atoms with Crippen molar-refractivity contribution in [2.24, 2.45) is 0 Å². The summed E-state index contributed by atoms with van der Waals surface area (Å²) in [7, 11) is 1.65. The highest BCUT2D eigenvalue weighted by molar-refractivity contribution is 6.31. The summed E-state index contributed by atoms with van der Waals surface area (Å²) in [6.07, 6.45) is 1.84. The van der Waals surface area contributed by atoms with Crippen LogP contribution in [-0.2, 0) is 11.3 Å². The summed E-state index contributed by atoms with van der Waals surface area (Å²) >= 11 is 6.31. The van der Waals surface area contributed by atoms with Gasteiger partial charge in [-0.3, -0.25) is 9.59 Å². The number of nitrogens with one attached hydrogen (secondary N) is 1. The van der Waals surface area contributed by atoms with E-state index in [1.807, 2.05) is 53.4 Å². The van der Waals surface area contributed by atoms with Gasteiger partial charge in [0.25, 0.3) is 11.5 Å². The van der Waals surface area contributed by atoms with Crippen LogP contribution in [0.4, 0.5) is 0 Å². The molecule has 0 saturated carbocycles. The van der Waals surface area contributed by atoms with Gasteiger partial charge in [0.05, 0.1) is 30.5 Å². The van der Waals surface area contributed by atoms with Crippen molar-refractivity contribution in [1.29, 1.82) is 0 Å². The van der Waals surface area contributed by atoms with E-state index in [1.54, 1.807) is 13.2 Å². The SMILES string of the molecule is COC[C@@H]1CCCN1C(=O)c1cc(-c2ccccc2)c(=O)n2c1-c1cc(Cl)ccc1CN2. The molecule has 2 aliphatic heterocycles. The van der Waals surface area contributed by atoms with Crippen LogP contribution < -0.4 is 11.0 Å². The lowest BCUT2D eigenvalue weighted by atomic mass is 9.95. The monoisotopic (exact) mass is 449 g/mol. The van der Waals surface area contributed by atoms with Crippen LogP contribution in [0.25, 0.3) is 22.4 Å². The molecule has 5 rings (SSSR count). The molecule has 2 aliphatic rings. The number of methoxy groups -OCH3 is 1. The van der Waals surface area contributed by atoms with Crippen LogP contribution in [0.3, 0.4) is 0 Å². The number of hydrogen-bond acceptors (Lipinski definition) is 4. The molecule has 3 aromatic rings. The van der Waals surface area contributed by atoms with Gasteiger partial charge in [0.1, 0.15) is 0 Å². The number of halogens is 1. The van der Waals surface area contributed by atoms with Crippen molar-refractivity contribution in [2.45, 2.75) is 25.4 Å². The Morgan fingerprint density at radius 1 is 1.16 bits per heavy atom. The molecule has 32 heavy (non-hydrogen) atoms. The first-order valence-corrected chi connectivity index (χ1v) is 11.1. The van der Waals surface area contributed by atoms with Gasteiger partial charge in [-0.15, -0.1) is 0 Å². The first kappa shape index (κ1) is 20.8. The van der Waals surface area contributed by atoms with Gasteiger partial charge < -0.3 is 15.1 Å². The molecule has 2 aromatic carbocycles. The first-order valence-electron chi connectivity index (χ1n) is 10.8. The minimum atomic E-state index is -0.191. The highest BCUT2D eigenvalue weighted by Gasteiger charge is 2.33. The third-order valence-electron chi connectivity index (χ3n) is 6.27. The summed E-state index contributed by atoms with van der Waals surface area (Å²) in [5, 5.41) is 0.564. The smallest absolute Gasteiger partial charge is 0.277 e. The van der Waals surface area contributed by atoms with Crippen molar-refractivity contribution in [3.63, 3.8) is 0 Å². The minimum absolute atomic E-state index is 0.0237. The molecule has 0 bridgehead atoms. The van der Waals surface area contributed by atoms with Gasteiger partial charge in [0, 0.05) is 29.8 Å². The van der Waals surface area contributed by atoms with E-state index < -0.39 is 0 Å². The number of benzene rings is 2. The third-order valence-corrected chi connectivity index (χ3v) is 6.50. The van der Waals surface area contributed by atoms with Crippen molar-refractivity contribution >= 4 is 17.5 Å². The van der Waals surface area contributed by atoms with Crippen LogP contribution >= 0.6 is 11.6 Å². The molecule has 0 spiro atoms. The zero-order valence-corrected chi connectivity index (χ0v) is 18.6. The van der Waals surface area contributed by atoms with E-state index in [9.17, 15) is 9.59 Å². The Hall–Kier alpha value is -3.09. The number of fused-ring (bicyclic) bond motifs is 3. The average molecular weight is 450 g/mol. The molecule has 164 valence electrons. The maximum atomic E-state index is 13.9. The van der Waals surface area contributed by atoms with Crippen molar-refractivity contribution in [3.8, 4) is 22.4 Å². The summed E-state index contributed by atoms with van der Waals surface area (Å²) in [5.41, 5.74) is 7.12. The standard InChI is InChI=1S/C25H24ClN3O3/c1-32-15-19-8-5-11-28(19)24(30)22-13-21(16-6-3-2-4-7-16)25(31)29-23(22)20-12-18(26)10-9-17(20)14-27-29/h2-4,6-7,9-10,12-13,19,27H,5,8,11,14-15H2,1H3/t19-/m0/s1. The van der Waals surface area contributed by atoms with E-state index in [0.29, 0.717) is 41.5 Å². The maximum absolute atomic E-state index is 13.9. The zero-order valence-electron chi connectivity index (χ0n) is 17.8. The van der Waals surface area contributed by atoms with E-state index in [1.165, 1.54) is 4.68 Å². The molecule has 0 unspecified atom stereocenters. The summed E-state index contributed by atoms with van der Waals surface area (Å²) in [6, 6.07) is 16.8. The van der Waals surface area contributed by atoms with Crippen molar-refractivity contribution in [2.75, 3.05) is 25.7 Å². The van der Waals surface area contributed by atoms with Crippen LogP contribution in [0.15, 0.2) is 59.4 Å². The van der Waals surface area contributed by atoms with E-state index in [4.69, 9.17) is 16.3 Å². The van der Waals surface area contributed by atoms with Crippen molar-refractivity contribution in [1.82, 2.24) is 9.58 Å². The van der Waals surface area contributed by atoms with Crippen LogP contribution in [0.2, 0.25) is 5.02 Å². The zero-order chi connectivity index (χ0) is 22.2. The fraction of sp³-hybridized carbons (Fsp3) is 0.280. The molecule has 7 heteroatoms. The number of hydrogen-bond donors (Lipinski definition) is 1. The lowest BCUT2D eigenvalue weighted by Gasteiger charge is -2.29. The lowest BCUT2D eigenvalue weighted by molar-refractivity contribution is 0.0630. The maximum Gasteiger partial charge on any atom is 0.277 e. The molecular weight excluding hydrogens is 426 g/mol. The van der Waals surface area contributed by atoms with Gasteiger partial charge in [0.2, 0.25) is 0 Å². The molecule has 3 heterocycles. The highest BCUT2D eigenvalue weighted by Crippen LogP contribution is 2.35. The van der Waals surface area contributed by atoms with Crippen LogP contribution in [0, 0.1) is 0 Å². The Morgan fingerprint density at radius 2 is 1.97 bits per heavy atom. The van der Waals surface area contributed by atoms with Crippen LogP contribution in [0.5, 0.6) is 0 Å². The first-order chi connectivity index (χ1) is 15.6. The molecule has 1 fully saturated rings. The largest absolute Gasteiger partial charge is 0.383 e. The number of pyridine rings is 1. The Balaban J connectivity index is 1.75. The average Bonchev–Trinajstić information content (AvgIpc) is 3.28. The number of carbonyl (C=O) groups is 1. The minimum Gasteiger partial charge on any atom is -0.383 e. The highest BCUT2D eigenvalue weighted by atomic mass is 35.5. The molecule has 0 aliphatic carbocycles. The van der Waals surface area contributed by atoms with Crippen molar-refractivity contribution < 1.29 is 9.53 Å². The molecular formula is C25H24ClN3O3. The fourth-order valence-electron chi connectivity index (χ4n) is 4.73. The van der Waals surface area contributed by atoms with Crippen LogP contribution in [-0.4, -0.2) is 41.8 Å². The summed E-state index contributed by atoms with van der Waals surface area (Å²) in [6.45, 7) is 1.64. The second-order valence-corrected chi connectivity index (χ2v) is 8.65. The normalized spacial score (nSPS) is 16.9. The van der Waals surface area contributed by atoms with Gasteiger partial charge in [-0.05, 0) is 42.2 Å². The number of likely N-dealkylation sites (tertiary alicyclic amines) is 1. The van der Waals surface area contributed by atoms with E-state index >= 15 is 0 Å². The quantitative estimate of drug-likeness (QED) is 0.650. The molecule has 1 saturated heterocycles. The second-order valence-electron chi connectivity index (χ2n) is 8.21. The lowest BCUT2D eigenvalue weighted by Crippen LogP contribution is -2.41. The predicted molar refractivity (Wildman–Crippen MR) is 126 cm³/mol. The molecule has 1 atom stereocenters. The number of ether oxygens (including phenoxy) is 1. The van der Waals surface area contributed by atoms with Gasteiger partial charge in [-0.25, -0.2) is 4.68 Å². The van der Waals surface area contributed by atoms with Crippen LogP contribution in [0.1, 0.15) is 28.8 Å². The van der Waals surface area contributed by atoms with Gasteiger partial charge in [0.15, 0.2) is 0 Å². The van der Waals surface area contributed by atoms with Crippen molar-refractivity contribution in [3.05, 3.63) is 81.1 Å². The molecule has 1 N–H and O–H groups in total. The summed E-state index contributed by atoms with van der Waals surface area (Å²) in [4.78, 5) is 29.3. The number of rotatable bonds is 4. The Morgan fingerprint density at radius 3 is 2.75 bits per heavy atom. The van der Waals surface area contributed by atoms with E-state index in [-0.39, 0.29) is 17.5 Å². The third kappa shape index (κ3) is 3.49. The van der Waals surface area contributed by atoms with Gasteiger partial charge in [-0.2, -0.15) is 0 Å². The number of nitrogens with zero attached hydrogens (tertiary/aromatic N) is 2. The number of amides is 1. The van der Waals surface area contributed by atoms with E-state index in [2.05, 4.69) is 5.43 Å². The molecule has 1 aromatic heterocycles. The Labute approximate surface area is 191 Å².